The number of amides is 1. The number of carbonyl (C=O) groups excluding carboxylic acids is 1. The lowest BCUT2D eigenvalue weighted by Crippen LogP contribution is -2.35. The van der Waals surface area contributed by atoms with E-state index in [1.165, 1.54) is 6.07 Å². The quantitative estimate of drug-likeness (QED) is 0.629. The van der Waals surface area contributed by atoms with Gasteiger partial charge in [-0.25, -0.2) is 0 Å². The minimum atomic E-state index is -0.448. The molecular formula is C17H16N2O3. The van der Waals surface area contributed by atoms with Gasteiger partial charge in [0.05, 0.1) is 4.92 Å². The second-order valence-corrected chi connectivity index (χ2v) is 5.45. The number of hydrogen-bond acceptors (Lipinski definition) is 3. The fourth-order valence-electron chi connectivity index (χ4n) is 2.84. The number of nitro groups is 1. The van der Waals surface area contributed by atoms with E-state index in [2.05, 4.69) is 0 Å². The Morgan fingerprint density at radius 3 is 2.77 bits per heavy atom. The molecular weight excluding hydrogens is 280 g/mol. The van der Waals surface area contributed by atoms with Crippen molar-refractivity contribution in [2.45, 2.75) is 19.8 Å². The lowest BCUT2D eigenvalue weighted by Gasteiger charge is -2.29. The molecule has 0 N–H and O–H groups in total. The molecule has 5 nitrogen and oxygen atoms in total. The second-order valence-electron chi connectivity index (χ2n) is 5.45. The lowest BCUT2D eigenvalue weighted by molar-refractivity contribution is -0.385. The van der Waals surface area contributed by atoms with E-state index in [1.807, 2.05) is 24.3 Å². The highest BCUT2D eigenvalue weighted by atomic mass is 16.6. The Morgan fingerprint density at radius 2 is 2.00 bits per heavy atom. The fraction of sp³-hybridized carbons (Fsp3) is 0.235. The molecule has 2 aromatic rings. The van der Waals surface area contributed by atoms with Crippen LogP contribution in [0, 0.1) is 17.0 Å². The van der Waals surface area contributed by atoms with Gasteiger partial charge in [0.15, 0.2) is 0 Å². The standard InChI is InChI=1S/C17H16N2O3/c1-12-8-9-14(11-16(12)19(21)22)17(20)18-10-4-6-13-5-2-3-7-15(13)18/h2-3,5,7-9,11H,4,6,10H2,1H3. The van der Waals surface area contributed by atoms with Crippen LogP contribution in [0.15, 0.2) is 42.5 Å². The van der Waals surface area contributed by atoms with E-state index in [1.54, 1.807) is 24.0 Å². The van der Waals surface area contributed by atoms with Crippen LogP contribution in [-0.4, -0.2) is 17.4 Å². The zero-order chi connectivity index (χ0) is 15.7. The molecule has 1 aliphatic rings. The van der Waals surface area contributed by atoms with Crippen LogP contribution in [0.25, 0.3) is 0 Å². The minimum absolute atomic E-state index is 0.0175. The summed E-state index contributed by atoms with van der Waals surface area (Å²) in [5, 5.41) is 11.1. The third-order valence-electron chi connectivity index (χ3n) is 4.01. The molecule has 1 heterocycles. The Bertz CT molecular complexity index is 755. The van der Waals surface area contributed by atoms with E-state index < -0.39 is 4.92 Å². The molecule has 22 heavy (non-hydrogen) atoms. The predicted molar refractivity (Wildman–Crippen MR) is 84.3 cm³/mol. The van der Waals surface area contributed by atoms with Gasteiger partial charge in [0, 0.05) is 29.4 Å². The van der Waals surface area contributed by atoms with Gasteiger partial charge in [0.2, 0.25) is 0 Å². The number of nitrogens with zero attached hydrogens (tertiary/aromatic N) is 2. The molecule has 0 saturated carbocycles. The van der Waals surface area contributed by atoms with Gasteiger partial charge in [0.25, 0.3) is 11.6 Å². The first-order chi connectivity index (χ1) is 10.6. The Morgan fingerprint density at radius 1 is 1.23 bits per heavy atom. The van der Waals surface area contributed by atoms with Gasteiger partial charge in [-0.3, -0.25) is 14.9 Å². The van der Waals surface area contributed by atoms with Crippen molar-refractivity contribution in [1.29, 1.82) is 0 Å². The zero-order valence-corrected chi connectivity index (χ0v) is 12.3. The maximum absolute atomic E-state index is 12.8. The van der Waals surface area contributed by atoms with Gasteiger partial charge in [0.1, 0.15) is 0 Å². The Kier molecular flexibility index (Phi) is 3.63. The van der Waals surface area contributed by atoms with Crippen LogP contribution in [0.4, 0.5) is 11.4 Å². The summed E-state index contributed by atoms with van der Waals surface area (Å²) in [6.07, 6.45) is 1.85. The van der Waals surface area contributed by atoms with Gasteiger partial charge < -0.3 is 4.90 Å². The third kappa shape index (κ3) is 2.45. The fourth-order valence-corrected chi connectivity index (χ4v) is 2.84. The summed E-state index contributed by atoms with van der Waals surface area (Å²) in [6.45, 7) is 2.31. The van der Waals surface area contributed by atoms with Gasteiger partial charge >= 0.3 is 0 Å². The van der Waals surface area contributed by atoms with Crippen LogP contribution >= 0.6 is 0 Å². The average Bonchev–Trinajstić information content (AvgIpc) is 2.54. The second kappa shape index (κ2) is 5.60. The van der Waals surface area contributed by atoms with Crippen LogP contribution in [0.1, 0.15) is 27.9 Å². The molecule has 0 radical (unpaired) electrons. The number of fused-ring (bicyclic) bond motifs is 1. The van der Waals surface area contributed by atoms with Gasteiger partial charge in [-0.1, -0.05) is 24.3 Å². The summed E-state index contributed by atoms with van der Waals surface area (Å²) in [4.78, 5) is 25.1. The number of para-hydroxylation sites is 1. The van der Waals surface area contributed by atoms with E-state index in [-0.39, 0.29) is 11.6 Å². The molecule has 0 aliphatic carbocycles. The van der Waals surface area contributed by atoms with Gasteiger partial charge in [-0.15, -0.1) is 0 Å². The number of rotatable bonds is 2. The highest BCUT2D eigenvalue weighted by molar-refractivity contribution is 6.07. The molecule has 0 spiro atoms. The summed E-state index contributed by atoms with van der Waals surface area (Å²) in [5.41, 5.74) is 2.94. The van der Waals surface area contributed by atoms with Gasteiger partial charge in [-0.2, -0.15) is 0 Å². The normalized spacial score (nSPS) is 13.6. The monoisotopic (exact) mass is 296 g/mol. The molecule has 5 heteroatoms. The summed E-state index contributed by atoms with van der Waals surface area (Å²) >= 11 is 0. The lowest BCUT2D eigenvalue weighted by atomic mass is 10.0. The maximum atomic E-state index is 12.8. The molecule has 0 aromatic heterocycles. The van der Waals surface area contributed by atoms with Crippen molar-refractivity contribution < 1.29 is 9.72 Å². The molecule has 0 atom stereocenters. The first kappa shape index (κ1) is 14.3. The smallest absolute Gasteiger partial charge is 0.273 e. The topological polar surface area (TPSA) is 63.5 Å². The summed E-state index contributed by atoms with van der Waals surface area (Å²) < 4.78 is 0. The number of carbonyl (C=O) groups is 1. The van der Waals surface area contributed by atoms with Crippen molar-refractivity contribution >= 4 is 17.3 Å². The predicted octanol–water partition coefficient (Wildman–Crippen LogP) is 3.50. The molecule has 0 saturated heterocycles. The molecule has 2 aromatic carbocycles. The highest BCUT2D eigenvalue weighted by Gasteiger charge is 2.24. The number of hydrogen-bond donors (Lipinski definition) is 0. The molecule has 0 bridgehead atoms. The van der Waals surface area contributed by atoms with Crippen molar-refractivity contribution in [3.63, 3.8) is 0 Å². The van der Waals surface area contributed by atoms with E-state index in [4.69, 9.17) is 0 Å². The molecule has 0 unspecified atom stereocenters. The Balaban J connectivity index is 1.99. The van der Waals surface area contributed by atoms with Crippen LogP contribution < -0.4 is 4.90 Å². The Hall–Kier alpha value is -2.69. The van der Waals surface area contributed by atoms with Crippen molar-refractivity contribution in [1.82, 2.24) is 0 Å². The zero-order valence-electron chi connectivity index (χ0n) is 12.3. The summed E-state index contributed by atoms with van der Waals surface area (Å²) in [5.74, 6) is -0.185. The molecule has 3 rings (SSSR count). The SMILES string of the molecule is Cc1ccc(C(=O)N2CCCc3ccccc32)cc1[N+](=O)[O-]. The maximum Gasteiger partial charge on any atom is 0.273 e. The van der Waals surface area contributed by atoms with Crippen molar-refractivity contribution in [3.8, 4) is 0 Å². The number of nitro benzene ring substituents is 1. The van der Waals surface area contributed by atoms with Crippen molar-refractivity contribution in [2.24, 2.45) is 0 Å². The van der Waals surface area contributed by atoms with Crippen molar-refractivity contribution in [3.05, 3.63) is 69.3 Å². The molecule has 0 fully saturated rings. The van der Waals surface area contributed by atoms with Gasteiger partial charge in [-0.05, 0) is 37.5 Å². The number of aryl methyl sites for hydroxylation is 2. The van der Waals surface area contributed by atoms with E-state index in [0.29, 0.717) is 17.7 Å². The first-order valence-electron chi connectivity index (χ1n) is 7.23. The van der Waals surface area contributed by atoms with Crippen LogP contribution in [-0.2, 0) is 6.42 Å². The average molecular weight is 296 g/mol. The van der Waals surface area contributed by atoms with Crippen molar-refractivity contribution in [2.75, 3.05) is 11.4 Å². The highest BCUT2D eigenvalue weighted by Crippen LogP contribution is 2.29. The van der Waals surface area contributed by atoms with Crippen LogP contribution in [0.3, 0.4) is 0 Å². The van der Waals surface area contributed by atoms with E-state index >= 15 is 0 Å². The van der Waals surface area contributed by atoms with E-state index in [9.17, 15) is 14.9 Å². The molecule has 1 aliphatic heterocycles. The number of anilines is 1. The molecule has 1 amide bonds. The first-order valence-corrected chi connectivity index (χ1v) is 7.23. The Labute approximate surface area is 128 Å². The number of benzene rings is 2. The largest absolute Gasteiger partial charge is 0.308 e. The van der Waals surface area contributed by atoms with Crippen LogP contribution in [0.2, 0.25) is 0 Å². The third-order valence-corrected chi connectivity index (χ3v) is 4.01. The summed E-state index contributed by atoms with van der Waals surface area (Å²) in [6, 6.07) is 12.5. The van der Waals surface area contributed by atoms with Crippen LogP contribution in [0.5, 0.6) is 0 Å². The summed E-state index contributed by atoms with van der Waals surface area (Å²) in [7, 11) is 0. The van der Waals surface area contributed by atoms with E-state index in [0.717, 1.165) is 24.1 Å². The minimum Gasteiger partial charge on any atom is -0.308 e. The molecule has 112 valence electrons.